The van der Waals surface area contributed by atoms with Crippen LogP contribution in [0.3, 0.4) is 0 Å². The highest BCUT2D eigenvalue weighted by Gasteiger charge is 2.35. The van der Waals surface area contributed by atoms with Crippen LogP contribution in [0, 0.1) is 6.92 Å². The number of esters is 1. The lowest BCUT2D eigenvalue weighted by Crippen LogP contribution is -2.32. The minimum Gasteiger partial charge on any atom is -0.456 e. The maximum absolute atomic E-state index is 12.8. The van der Waals surface area contributed by atoms with E-state index >= 15 is 0 Å². The average molecular weight is 327 g/mol. The number of aryl methyl sites for hydroxylation is 1. The van der Waals surface area contributed by atoms with E-state index in [-0.39, 0.29) is 12.0 Å². The topological polar surface area (TPSA) is 81.9 Å². The number of nitrogens with one attached hydrogen (secondary N) is 1. The molecule has 0 saturated carbocycles. The third-order valence-electron chi connectivity index (χ3n) is 3.77. The molecule has 0 bridgehead atoms. The smallest absolute Gasteiger partial charge is 0.338 e. The van der Waals surface area contributed by atoms with E-state index in [9.17, 15) is 4.79 Å². The molecule has 24 heavy (non-hydrogen) atoms. The molecule has 7 nitrogen and oxygen atoms in total. The highest BCUT2D eigenvalue weighted by molar-refractivity contribution is 5.97. The normalized spacial score (nSPS) is 17.3. The average Bonchev–Trinajstić information content (AvgIpc) is 2.94. The number of carbonyl (C=O) groups excluding carboxylic acids is 1. The molecule has 1 atom stereocenters. The van der Waals surface area contributed by atoms with Crippen molar-refractivity contribution in [3.63, 3.8) is 0 Å². The van der Waals surface area contributed by atoms with Gasteiger partial charge in [-0.2, -0.15) is 4.68 Å². The van der Waals surface area contributed by atoms with Gasteiger partial charge in [-0.25, -0.2) is 4.79 Å². The van der Waals surface area contributed by atoms with Crippen LogP contribution in [0.15, 0.2) is 29.8 Å². The third kappa shape index (κ3) is 3.02. The van der Waals surface area contributed by atoms with E-state index in [4.69, 9.17) is 4.74 Å². The zero-order chi connectivity index (χ0) is 17.5. The largest absolute Gasteiger partial charge is 0.456 e. The molecular weight excluding hydrogens is 306 g/mol. The second-order valence-electron chi connectivity index (χ2n) is 6.90. The zero-order valence-electron chi connectivity index (χ0n) is 14.5. The summed E-state index contributed by atoms with van der Waals surface area (Å²) in [5.74, 6) is 0.129. The number of nitrogens with zero attached hydrogens (tertiary/aromatic N) is 4. The maximum atomic E-state index is 12.8. The molecule has 1 N–H and O–H groups in total. The number of fused-ring (bicyclic) bond motifs is 1. The van der Waals surface area contributed by atoms with Gasteiger partial charge in [-0.3, -0.25) is 0 Å². The number of hydrogen-bond donors (Lipinski definition) is 1. The van der Waals surface area contributed by atoms with Gasteiger partial charge in [-0.1, -0.05) is 34.9 Å². The van der Waals surface area contributed by atoms with E-state index in [0.717, 1.165) is 11.1 Å². The Morgan fingerprint density at radius 1 is 1.21 bits per heavy atom. The van der Waals surface area contributed by atoms with Crippen LogP contribution in [0.2, 0.25) is 0 Å². The Kier molecular flexibility index (Phi) is 3.87. The number of benzene rings is 1. The summed E-state index contributed by atoms with van der Waals surface area (Å²) in [6, 6.07) is 7.64. The summed E-state index contributed by atoms with van der Waals surface area (Å²) in [6.07, 6.45) is 0. The van der Waals surface area contributed by atoms with Gasteiger partial charge in [0.15, 0.2) is 0 Å². The highest BCUT2D eigenvalue weighted by atomic mass is 16.6. The van der Waals surface area contributed by atoms with Crippen molar-refractivity contribution in [3.8, 4) is 0 Å². The van der Waals surface area contributed by atoms with Crippen molar-refractivity contribution in [3.05, 3.63) is 41.0 Å². The van der Waals surface area contributed by atoms with Gasteiger partial charge in [0, 0.05) is 0 Å². The SMILES string of the molecule is CC1=C(C(=O)OC(C)(C)C)C(c2ccc(C)cc2)Nc2nnnn21. The Hall–Kier alpha value is -2.70. The van der Waals surface area contributed by atoms with E-state index in [1.54, 1.807) is 0 Å². The number of anilines is 1. The monoisotopic (exact) mass is 327 g/mol. The standard InChI is InChI=1S/C17H21N5O2/c1-10-6-8-12(9-7-10)14-13(15(23)24-17(3,4)5)11(2)22-16(18-14)19-20-21-22/h6-9,14H,1-5H3,(H,18,19,21). The lowest BCUT2D eigenvalue weighted by molar-refractivity contribution is -0.150. The predicted molar refractivity (Wildman–Crippen MR) is 90.1 cm³/mol. The van der Waals surface area contributed by atoms with Crippen molar-refractivity contribution in [2.75, 3.05) is 5.32 Å². The van der Waals surface area contributed by atoms with E-state index < -0.39 is 5.60 Å². The van der Waals surface area contributed by atoms with Crippen LogP contribution in [0.1, 0.15) is 44.9 Å². The Morgan fingerprint density at radius 3 is 2.50 bits per heavy atom. The van der Waals surface area contributed by atoms with Gasteiger partial charge in [0.25, 0.3) is 0 Å². The van der Waals surface area contributed by atoms with Crippen LogP contribution in [-0.4, -0.2) is 31.8 Å². The summed E-state index contributed by atoms with van der Waals surface area (Å²) in [4.78, 5) is 12.8. The van der Waals surface area contributed by atoms with Gasteiger partial charge in [-0.15, -0.1) is 0 Å². The molecule has 126 valence electrons. The quantitative estimate of drug-likeness (QED) is 0.854. The second kappa shape index (κ2) is 5.74. The van der Waals surface area contributed by atoms with Crippen molar-refractivity contribution in [2.45, 2.75) is 46.3 Å². The first-order valence-electron chi connectivity index (χ1n) is 7.82. The minimum absolute atomic E-state index is 0.362. The highest BCUT2D eigenvalue weighted by Crippen LogP contribution is 2.35. The molecular formula is C17H21N5O2. The lowest BCUT2D eigenvalue weighted by atomic mass is 9.95. The van der Waals surface area contributed by atoms with Crippen LogP contribution >= 0.6 is 0 Å². The molecule has 3 rings (SSSR count). The van der Waals surface area contributed by atoms with Gasteiger partial charge in [0.05, 0.1) is 17.3 Å². The summed E-state index contributed by atoms with van der Waals surface area (Å²) in [6.45, 7) is 9.39. The van der Waals surface area contributed by atoms with Crippen molar-refractivity contribution >= 4 is 17.6 Å². The molecule has 1 aromatic heterocycles. The Morgan fingerprint density at radius 2 is 1.88 bits per heavy atom. The molecule has 0 fully saturated rings. The number of hydrogen-bond acceptors (Lipinski definition) is 6. The zero-order valence-corrected chi connectivity index (χ0v) is 14.5. The molecule has 1 unspecified atom stereocenters. The summed E-state index contributed by atoms with van der Waals surface area (Å²) in [5, 5.41) is 14.8. The second-order valence-corrected chi connectivity index (χ2v) is 6.90. The Bertz CT molecular complexity index is 799. The van der Waals surface area contributed by atoms with E-state index in [1.807, 2.05) is 58.9 Å². The van der Waals surface area contributed by atoms with Gasteiger partial charge in [0.2, 0.25) is 5.95 Å². The summed E-state index contributed by atoms with van der Waals surface area (Å²) >= 11 is 0. The fourth-order valence-corrected chi connectivity index (χ4v) is 2.63. The van der Waals surface area contributed by atoms with Gasteiger partial charge < -0.3 is 10.1 Å². The Balaban J connectivity index is 2.08. The van der Waals surface area contributed by atoms with Crippen LogP contribution in [-0.2, 0) is 9.53 Å². The van der Waals surface area contributed by atoms with Crippen LogP contribution in [0.4, 0.5) is 5.95 Å². The van der Waals surface area contributed by atoms with Crippen LogP contribution in [0.5, 0.6) is 0 Å². The number of allylic oxidation sites excluding steroid dienone is 1. The van der Waals surface area contributed by atoms with E-state index in [1.165, 1.54) is 4.68 Å². The summed E-state index contributed by atoms with van der Waals surface area (Å²) < 4.78 is 7.11. The maximum Gasteiger partial charge on any atom is 0.338 e. The number of rotatable bonds is 2. The summed E-state index contributed by atoms with van der Waals surface area (Å²) in [7, 11) is 0. The molecule has 2 aromatic rings. The summed E-state index contributed by atoms with van der Waals surface area (Å²) in [5.41, 5.74) is 2.69. The number of tetrazole rings is 1. The molecule has 1 aliphatic rings. The molecule has 0 radical (unpaired) electrons. The number of ether oxygens (including phenoxy) is 1. The van der Waals surface area contributed by atoms with Crippen molar-refractivity contribution in [1.82, 2.24) is 20.2 Å². The first kappa shape index (κ1) is 16.2. The fraction of sp³-hybridized carbons (Fsp3) is 0.412. The van der Waals surface area contributed by atoms with Gasteiger partial charge in [0.1, 0.15) is 5.60 Å². The molecule has 0 saturated heterocycles. The Labute approximate surface area is 140 Å². The van der Waals surface area contributed by atoms with E-state index in [0.29, 0.717) is 17.2 Å². The van der Waals surface area contributed by atoms with Crippen LogP contribution < -0.4 is 5.32 Å². The van der Waals surface area contributed by atoms with Gasteiger partial charge in [-0.05, 0) is 50.6 Å². The molecule has 7 heteroatoms. The molecule has 0 aliphatic carbocycles. The molecule has 0 amide bonds. The van der Waals surface area contributed by atoms with Crippen molar-refractivity contribution in [1.29, 1.82) is 0 Å². The fourth-order valence-electron chi connectivity index (χ4n) is 2.63. The van der Waals surface area contributed by atoms with Crippen molar-refractivity contribution < 1.29 is 9.53 Å². The molecule has 2 heterocycles. The van der Waals surface area contributed by atoms with Crippen LogP contribution in [0.25, 0.3) is 5.70 Å². The first-order valence-corrected chi connectivity index (χ1v) is 7.82. The first-order chi connectivity index (χ1) is 11.3. The van der Waals surface area contributed by atoms with Gasteiger partial charge >= 0.3 is 5.97 Å². The van der Waals surface area contributed by atoms with Crippen molar-refractivity contribution in [2.24, 2.45) is 0 Å². The van der Waals surface area contributed by atoms with E-state index in [2.05, 4.69) is 20.8 Å². The molecule has 1 aliphatic heterocycles. The molecule has 1 aromatic carbocycles. The third-order valence-corrected chi connectivity index (χ3v) is 3.77. The number of aromatic nitrogens is 4. The minimum atomic E-state index is -0.580. The number of carbonyl (C=O) groups is 1. The lowest BCUT2D eigenvalue weighted by Gasteiger charge is -2.29. The predicted octanol–water partition coefficient (Wildman–Crippen LogP) is 2.72. The molecule has 0 spiro atoms.